The lowest BCUT2D eigenvalue weighted by Crippen LogP contribution is -2.51. The van der Waals surface area contributed by atoms with Crippen molar-refractivity contribution in [3.63, 3.8) is 0 Å². The fourth-order valence-electron chi connectivity index (χ4n) is 4.26. The summed E-state index contributed by atoms with van der Waals surface area (Å²) < 4.78 is 0. The van der Waals surface area contributed by atoms with Gasteiger partial charge in [-0.3, -0.25) is 9.79 Å². The third-order valence-corrected chi connectivity index (χ3v) is 5.62. The second-order valence-corrected chi connectivity index (χ2v) is 7.45. The second kappa shape index (κ2) is 8.69. The highest BCUT2D eigenvalue weighted by molar-refractivity contribution is 14.0. The van der Waals surface area contributed by atoms with Crippen LogP contribution in [0.4, 0.5) is 0 Å². The van der Waals surface area contributed by atoms with Crippen LogP contribution in [-0.2, 0) is 4.79 Å². The monoisotopic (exact) mass is 449 g/mol. The normalized spacial score (nSPS) is 31.2. The smallest absolute Gasteiger partial charge is 0.220 e. The summed E-state index contributed by atoms with van der Waals surface area (Å²) in [6.07, 6.45) is 5.50. The molecule has 24 heavy (non-hydrogen) atoms. The molecule has 3 fully saturated rings. The van der Waals surface area contributed by atoms with E-state index >= 15 is 0 Å². The van der Waals surface area contributed by atoms with Gasteiger partial charge in [0.1, 0.15) is 0 Å². The van der Waals surface area contributed by atoms with Gasteiger partial charge in [0.25, 0.3) is 0 Å². The van der Waals surface area contributed by atoms with Crippen LogP contribution < -0.4 is 10.6 Å². The van der Waals surface area contributed by atoms with Crippen molar-refractivity contribution in [2.75, 3.05) is 46.3 Å². The Morgan fingerprint density at radius 1 is 1.42 bits per heavy atom. The molecular weight excluding hydrogens is 417 g/mol. The van der Waals surface area contributed by atoms with Crippen molar-refractivity contribution in [3.05, 3.63) is 0 Å². The first-order valence-corrected chi connectivity index (χ1v) is 9.12. The number of nitrogens with one attached hydrogen (secondary N) is 2. The number of guanidine groups is 1. The van der Waals surface area contributed by atoms with Crippen molar-refractivity contribution in [2.24, 2.45) is 10.4 Å². The fraction of sp³-hybridized carbons (Fsp3) is 0.882. The molecule has 0 saturated carbocycles. The Kier molecular flexibility index (Phi) is 7.15. The summed E-state index contributed by atoms with van der Waals surface area (Å²) in [4.78, 5) is 21.4. The molecule has 3 rings (SSSR count). The number of hydrogen-bond donors (Lipinski definition) is 2. The van der Waals surface area contributed by atoms with Crippen LogP contribution in [0.15, 0.2) is 4.99 Å². The number of hydrogen-bond acceptors (Lipinski definition) is 3. The van der Waals surface area contributed by atoms with Crippen molar-refractivity contribution in [3.8, 4) is 0 Å². The number of carbonyl (C=O) groups is 1. The van der Waals surface area contributed by atoms with Gasteiger partial charge in [-0.05, 0) is 46.2 Å². The molecule has 3 heterocycles. The highest BCUT2D eigenvalue weighted by atomic mass is 127. The number of nitrogens with zero attached hydrogens (tertiary/aromatic N) is 3. The zero-order chi connectivity index (χ0) is 16.3. The average Bonchev–Trinajstić information content (AvgIpc) is 3.10. The zero-order valence-electron chi connectivity index (χ0n) is 15.0. The number of carbonyl (C=O) groups excluding carboxylic acids is 1. The Balaban J connectivity index is 0.00000208. The van der Waals surface area contributed by atoms with E-state index in [4.69, 9.17) is 4.99 Å². The summed E-state index contributed by atoms with van der Waals surface area (Å²) in [6.45, 7) is 7.89. The Morgan fingerprint density at radius 2 is 2.25 bits per heavy atom. The minimum atomic E-state index is 0. The molecule has 7 heteroatoms. The molecular formula is C17H32IN5O. The van der Waals surface area contributed by atoms with Crippen LogP contribution in [0.2, 0.25) is 0 Å². The van der Waals surface area contributed by atoms with Crippen LogP contribution in [0, 0.1) is 5.41 Å². The van der Waals surface area contributed by atoms with Gasteiger partial charge in [0.15, 0.2) is 5.96 Å². The van der Waals surface area contributed by atoms with Crippen LogP contribution >= 0.6 is 24.0 Å². The van der Waals surface area contributed by atoms with Crippen LogP contribution in [0.1, 0.15) is 39.0 Å². The quantitative estimate of drug-likeness (QED) is 0.387. The Morgan fingerprint density at radius 3 is 2.88 bits per heavy atom. The minimum absolute atomic E-state index is 0. The molecule has 1 amide bonds. The van der Waals surface area contributed by atoms with Crippen LogP contribution in [0.3, 0.4) is 0 Å². The van der Waals surface area contributed by atoms with Crippen molar-refractivity contribution < 1.29 is 4.79 Å². The van der Waals surface area contributed by atoms with Gasteiger partial charge in [0, 0.05) is 44.1 Å². The summed E-state index contributed by atoms with van der Waals surface area (Å²) >= 11 is 0. The van der Waals surface area contributed by atoms with E-state index in [2.05, 4.69) is 34.4 Å². The van der Waals surface area contributed by atoms with E-state index in [0.29, 0.717) is 12.5 Å². The lowest BCUT2D eigenvalue weighted by Gasteiger charge is -2.41. The molecule has 3 saturated heterocycles. The highest BCUT2D eigenvalue weighted by Gasteiger charge is 2.42. The summed E-state index contributed by atoms with van der Waals surface area (Å²) in [5, 5.41) is 6.48. The van der Waals surface area contributed by atoms with Gasteiger partial charge in [0.05, 0.1) is 6.54 Å². The third kappa shape index (κ3) is 4.53. The molecule has 6 nitrogen and oxygen atoms in total. The van der Waals surface area contributed by atoms with E-state index < -0.39 is 0 Å². The topological polar surface area (TPSA) is 60.0 Å². The number of likely N-dealkylation sites (N-methyl/N-ethyl adjacent to an activating group) is 1. The maximum Gasteiger partial charge on any atom is 0.220 e. The van der Waals surface area contributed by atoms with E-state index in [0.717, 1.165) is 51.5 Å². The van der Waals surface area contributed by atoms with Crippen molar-refractivity contribution in [1.82, 2.24) is 20.4 Å². The largest absolute Gasteiger partial charge is 0.357 e. The summed E-state index contributed by atoms with van der Waals surface area (Å²) in [7, 11) is 2.20. The van der Waals surface area contributed by atoms with E-state index in [9.17, 15) is 4.79 Å². The molecule has 2 N–H and O–H groups in total. The molecule has 138 valence electrons. The number of likely N-dealkylation sites (tertiary alicyclic amines) is 2. The summed E-state index contributed by atoms with van der Waals surface area (Å²) in [5.74, 6) is 1.24. The van der Waals surface area contributed by atoms with E-state index in [1.54, 1.807) is 0 Å². The predicted octanol–water partition coefficient (Wildman–Crippen LogP) is 1.27. The van der Waals surface area contributed by atoms with Gasteiger partial charge >= 0.3 is 0 Å². The van der Waals surface area contributed by atoms with Crippen molar-refractivity contribution in [2.45, 2.75) is 45.1 Å². The summed E-state index contributed by atoms with van der Waals surface area (Å²) in [5.41, 5.74) is 0.121. The zero-order valence-corrected chi connectivity index (χ0v) is 17.3. The molecule has 2 atom stereocenters. The number of rotatable bonds is 3. The van der Waals surface area contributed by atoms with Gasteiger partial charge in [0.2, 0.25) is 5.91 Å². The van der Waals surface area contributed by atoms with Gasteiger partial charge in [-0.25, -0.2) is 0 Å². The first-order valence-electron chi connectivity index (χ1n) is 9.12. The third-order valence-electron chi connectivity index (χ3n) is 5.62. The van der Waals surface area contributed by atoms with Crippen LogP contribution in [0.5, 0.6) is 0 Å². The number of piperidine rings is 1. The first-order chi connectivity index (χ1) is 11.1. The SMILES string of the molecule is CCNC(=NCC1CCCN1C)N1CCCC2(CNC(=O)C2)C1.I. The number of aliphatic imine (C=N–C) groups is 1. The minimum Gasteiger partial charge on any atom is -0.357 e. The van der Waals surface area contributed by atoms with Gasteiger partial charge in [-0.2, -0.15) is 0 Å². The lowest BCUT2D eigenvalue weighted by molar-refractivity contribution is -0.119. The molecule has 0 aromatic carbocycles. The van der Waals surface area contributed by atoms with Gasteiger partial charge in [-0.15, -0.1) is 24.0 Å². The molecule has 0 bridgehead atoms. The average molecular weight is 449 g/mol. The van der Waals surface area contributed by atoms with Crippen molar-refractivity contribution >= 4 is 35.8 Å². The Bertz CT molecular complexity index is 472. The molecule has 0 radical (unpaired) electrons. The van der Waals surface area contributed by atoms with Gasteiger partial charge in [-0.1, -0.05) is 0 Å². The maximum atomic E-state index is 11.7. The molecule has 0 aliphatic carbocycles. The number of amides is 1. The fourth-order valence-corrected chi connectivity index (χ4v) is 4.26. The van der Waals surface area contributed by atoms with Crippen molar-refractivity contribution in [1.29, 1.82) is 0 Å². The van der Waals surface area contributed by atoms with Crippen LogP contribution in [0.25, 0.3) is 0 Å². The summed E-state index contributed by atoms with van der Waals surface area (Å²) in [6, 6.07) is 0.581. The van der Waals surface area contributed by atoms with E-state index in [-0.39, 0.29) is 35.3 Å². The molecule has 1 spiro atoms. The van der Waals surface area contributed by atoms with Crippen LogP contribution in [-0.4, -0.2) is 74.0 Å². The highest BCUT2D eigenvalue weighted by Crippen LogP contribution is 2.36. The number of halogens is 1. The Labute approximate surface area is 162 Å². The molecule has 0 aromatic rings. The first kappa shape index (κ1) is 19.8. The van der Waals surface area contributed by atoms with E-state index in [1.165, 1.54) is 19.4 Å². The predicted molar refractivity (Wildman–Crippen MR) is 108 cm³/mol. The molecule has 2 unspecified atom stereocenters. The second-order valence-electron chi connectivity index (χ2n) is 7.45. The van der Waals surface area contributed by atoms with E-state index in [1.807, 2.05) is 0 Å². The molecule has 3 aliphatic rings. The van der Waals surface area contributed by atoms with Gasteiger partial charge < -0.3 is 20.4 Å². The standard InChI is InChI=1S/C17H31N5O.HI/c1-3-18-16(19-11-14-6-4-8-21(14)2)22-9-5-7-17(13-22)10-15(23)20-12-17;/h14H,3-13H2,1-2H3,(H,18,19)(H,20,23);1H. The molecule has 0 aromatic heterocycles. The lowest BCUT2D eigenvalue weighted by atomic mass is 9.79. The molecule has 3 aliphatic heterocycles. The maximum absolute atomic E-state index is 11.7. The Hall–Kier alpha value is -0.570.